The average Bonchev–Trinajstić information content (AvgIpc) is 1.91. The van der Waals surface area contributed by atoms with Crippen LogP contribution in [0.15, 0.2) is 0 Å². The van der Waals surface area contributed by atoms with Crippen LogP contribution in [0.25, 0.3) is 0 Å². The summed E-state index contributed by atoms with van der Waals surface area (Å²) in [7, 11) is 0. The van der Waals surface area contributed by atoms with E-state index >= 15 is 0 Å². The zero-order valence-corrected chi connectivity index (χ0v) is 7.93. The molecule has 0 aromatic carbocycles. The summed E-state index contributed by atoms with van der Waals surface area (Å²) in [5.74, 6) is 0. The minimum atomic E-state index is -0.750. The highest BCUT2D eigenvalue weighted by Crippen LogP contribution is 1.91. The Morgan fingerprint density at radius 3 is 1.64 bits per heavy atom. The van der Waals surface area contributed by atoms with Gasteiger partial charge in [-0.25, -0.2) is 0 Å². The van der Waals surface area contributed by atoms with Crippen LogP contribution in [0.5, 0.6) is 0 Å². The van der Waals surface area contributed by atoms with Crippen molar-refractivity contribution >= 4 is 11.6 Å². The van der Waals surface area contributed by atoms with E-state index in [0.717, 1.165) is 13.1 Å². The lowest BCUT2D eigenvalue weighted by molar-refractivity contribution is 0.0265. The predicted molar refractivity (Wildman–Crippen MR) is 43.5 cm³/mol. The molecule has 1 N–H and O–H groups in total. The van der Waals surface area contributed by atoms with Gasteiger partial charge in [0.25, 0.3) is 0 Å². The fourth-order valence-electron chi connectivity index (χ4n) is 0.752. The molecule has 0 aromatic heterocycles. The summed E-state index contributed by atoms with van der Waals surface area (Å²) in [6.45, 7) is 7.71. The molecule has 0 saturated heterocycles. The van der Waals surface area contributed by atoms with E-state index in [1.54, 1.807) is 6.92 Å². The number of hydrogen-bond acceptors (Lipinski definition) is 4. The molecule has 0 bridgehead atoms. The van der Waals surface area contributed by atoms with E-state index in [0.29, 0.717) is 0 Å². The average molecular weight is 181 g/mol. The molecule has 1 unspecified atom stereocenters. The van der Waals surface area contributed by atoms with E-state index in [4.69, 9.17) is 13.5 Å². The number of hydrogen-bond donors (Lipinski definition) is 1. The first-order valence-electron chi connectivity index (χ1n) is 3.47. The molecule has 0 aliphatic rings. The molecule has 0 radical (unpaired) electrons. The Morgan fingerprint density at radius 2 is 1.64 bits per heavy atom. The predicted octanol–water partition coefficient (Wildman–Crippen LogP) is -0.00370. The standard InChI is InChI=1S/C6H15NO.O2S/c1-4-7(5-2)6(3)8;1-3-2/h6,8H,4-5H2,1-3H3;. The first kappa shape index (κ1) is 13.3. The van der Waals surface area contributed by atoms with E-state index in [1.807, 2.05) is 18.7 Å². The van der Waals surface area contributed by atoms with Gasteiger partial charge in [-0.15, -0.1) is 0 Å². The van der Waals surface area contributed by atoms with Gasteiger partial charge in [-0.3, -0.25) is 4.90 Å². The van der Waals surface area contributed by atoms with Crippen LogP contribution in [0.3, 0.4) is 0 Å². The van der Waals surface area contributed by atoms with Gasteiger partial charge < -0.3 is 5.11 Å². The smallest absolute Gasteiger partial charge is 0.335 e. The van der Waals surface area contributed by atoms with Crippen molar-refractivity contribution in [2.24, 2.45) is 0 Å². The number of aliphatic hydroxyl groups is 1. The third kappa shape index (κ3) is 9.74. The summed E-state index contributed by atoms with van der Waals surface area (Å²) in [4.78, 5) is 1.97. The van der Waals surface area contributed by atoms with Crippen LogP contribution in [0.1, 0.15) is 20.8 Å². The summed E-state index contributed by atoms with van der Waals surface area (Å²) in [5, 5.41) is 8.94. The Balaban J connectivity index is 0. The largest absolute Gasteiger partial charge is 0.379 e. The van der Waals surface area contributed by atoms with Gasteiger partial charge in [-0.05, 0) is 20.0 Å². The van der Waals surface area contributed by atoms with Crippen LogP contribution in [0.2, 0.25) is 0 Å². The van der Waals surface area contributed by atoms with Crippen molar-refractivity contribution in [2.75, 3.05) is 13.1 Å². The highest BCUT2D eigenvalue weighted by Gasteiger charge is 2.02. The number of nitrogens with zero attached hydrogens (tertiary/aromatic N) is 1. The summed E-state index contributed by atoms with van der Waals surface area (Å²) in [6.07, 6.45) is -0.287. The maximum absolute atomic E-state index is 8.94. The Bertz CT molecular complexity index is 108. The molecule has 0 amide bonds. The van der Waals surface area contributed by atoms with Crippen molar-refractivity contribution in [2.45, 2.75) is 27.0 Å². The molecule has 0 heterocycles. The van der Waals surface area contributed by atoms with Crippen LogP contribution in [0, 0.1) is 0 Å². The maximum atomic E-state index is 8.94. The van der Waals surface area contributed by atoms with Crippen LogP contribution >= 0.6 is 0 Å². The van der Waals surface area contributed by atoms with Gasteiger partial charge in [-0.1, -0.05) is 13.8 Å². The Morgan fingerprint density at radius 1 is 1.36 bits per heavy atom. The minimum Gasteiger partial charge on any atom is -0.379 e. The minimum absolute atomic E-state index is 0.287. The third-order valence-corrected chi connectivity index (χ3v) is 1.34. The van der Waals surface area contributed by atoms with Gasteiger partial charge in [0, 0.05) is 0 Å². The molecule has 0 saturated carbocycles. The Labute approximate surface area is 70.8 Å². The second-order valence-electron chi connectivity index (χ2n) is 1.92. The Hall–Kier alpha value is -0.260. The molecular formula is C6H15NO3S. The first-order chi connectivity index (χ1) is 5.13. The van der Waals surface area contributed by atoms with E-state index in [2.05, 4.69) is 0 Å². The molecule has 68 valence electrons. The molecule has 0 rings (SSSR count). The zero-order valence-electron chi connectivity index (χ0n) is 7.11. The van der Waals surface area contributed by atoms with Crippen LogP contribution in [-0.2, 0) is 11.6 Å². The van der Waals surface area contributed by atoms with Gasteiger partial charge in [0.2, 0.25) is 0 Å². The second-order valence-corrected chi connectivity index (χ2v) is 2.06. The molecule has 0 aromatic rings. The highest BCUT2D eigenvalue weighted by atomic mass is 32.1. The van der Waals surface area contributed by atoms with Crippen LogP contribution < -0.4 is 0 Å². The highest BCUT2D eigenvalue weighted by molar-refractivity contribution is 7.51. The molecule has 4 nitrogen and oxygen atoms in total. The molecule has 1 atom stereocenters. The van der Waals surface area contributed by atoms with Crippen LogP contribution in [-0.4, -0.2) is 37.7 Å². The molecule has 5 heteroatoms. The lowest BCUT2D eigenvalue weighted by Gasteiger charge is -2.20. The van der Waals surface area contributed by atoms with Crippen molar-refractivity contribution in [3.63, 3.8) is 0 Å². The molecule has 11 heavy (non-hydrogen) atoms. The van der Waals surface area contributed by atoms with Crippen molar-refractivity contribution in [3.8, 4) is 0 Å². The van der Waals surface area contributed by atoms with Gasteiger partial charge >= 0.3 is 11.6 Å². The van der Waals surface area contributed by atoms with E-state index < -0.39 is 11.6 Å². The van der Waals surface area contributed by atoms with Gasteiger partial charge in [0.1, 0.15) is 6.23 Å². The summed E-state index contributed by atoms with van der Waals surface area (Å²) in [6, 6.07) is 0. The summed E-state index contributed by atoms with van der Waals surface area (Å²) >= 11 is -0.750. The molecular weight excluding hydrogens is 166 g/mol. The van der Waals surface area contributed by atoms with E-state index in [9.17, 15) is 0 Å². The normalized spacial score (nSPS) is 11.7. The zero-order chi connectivity index (χ0) is 9.28. The van der Waals surface area contributed by atoms with E-state index in [-0.39, 0.29) is 6.23 Å². The first-order valence-corrected chi connectivity index (χ1v) is 4.14. The van der Waals surface area contributed by atoms with Gasteiger partial charge in [-0.2, -0.15) is 8.42 Å². The van der Waals surface area contributed by atoms with Crippen molar-refractivity contribution < 1.29 is 13.5 Å². The summed E-state index contributed by atoms with van der Waals surface area (Å²) in [5.41, 5.74) is 0. The lowest BCUT2D eigenvalue weighted by Crippen LogP contribution is -2.32. The van der Waals surface area contributed by atoms with Crippen molar-refractivity contribution in [1.82, 2.24) is 4.90 Å². The summed E-state index contributed by atoms with van der Waals surface area (Å²) < 4.78 is 16.6. The fraction of sp³-hybridized carbons (Fsp3) is 1.00. The maximum Gasteiger partial charge on any atom is 0.335 e. The molecule has 0 spiro atoms. The number of rotatable bonds is 3. The van der Waals surface area contributed by atoms with Crippen LogP contribution in [0.4, 0.5) is 0 Å². The SMILES string of the molecule is CCN(CC)C(C)O.O=S=O. The fourth-order valence-corrected chi connectivity index (χ4v) is 0.752. The lowest BCUT2D eigenvalue weighted by atomic mass is 10.5. The second kappa shape index (κ2) is 9.74. The molecule has 0 aliphatic carbocycles. The quantitative estimate of drug-likeness (QED) is 0.622. The third-order valence-electron chi connectivity index (χ3n) is 1.34. The van der Waals surface area contributed by atoms with Crippen molar-refractivity contribution in [1.29, 1.82) is 0 Å². The molecule has 0 aliphatic heterocycles. The monoisotopic (exact) mass is 181 g/mol. The van der Waals surface area contributed by atoms with Gasteiger partial charge in [0.05, 0.1) is 0 Å². The number of aliphatic hydroxyl groups excluding tert-OH is 1. The van der Waals surface area contributed by atoms with E-state index in [1.165, 1.54) is 0 Å². The topological polar surface area (TPSA) is 57.6 Å². The van der Waals surface area contributed by atoms with Crippen molar-refractivity contribution in [3.05, 3.63) is 0 Å². The van der Waals surface area contributed by atoms with Gasteiger partial charge in [0.15, 0.2) is 0 Å². The molecule has 0 fully saturated rings. The Kier molecular flexibility index (Phi) is 11.8.